The van der Waals surface area contributed by atoms with Crippen LogP contribution in [0.3, 0.4) is 0 Å². The van der Waals surface area contributed by atoms with Crippen molar-refractivity contribution in [3.05, 3.63) is 47.8 Å². The van der Waals surface area contributed by atoms with Crippen LogP contribution in [-0.2, 0) is 13.1 Å². The Bertz CT molecular complexity index is 540. The molecule has 2 heterocycles. The second-order valence-corrected chi connectivity index (χ2v) is 5.08. The Kier molecular flexibility index (Phi) is 4.74. The van der Waals surface area contributed by atoms with Crippen molar-refractivity contribution in [1.29, 1.82) is 0 Å². The third kappa shape index (κ3) is 3.57. The molecule has 0 amide bonds. The largest absolute Gasteiger partial charge is 0.467 e. The lowest BCUT2D eigenvalue weighted by Gasteiger charge is -2.19. The van der Waals surface area contributed by atoms with E-state index in [9.17, 15) is 4.39 Å². The highest BCUT2D eigenvalue weighted by Gasteiger charge is 2.14. The SMILES string of the molecule is CC(C)NCc1ccnc(N(C)Cc2ccco2)c1F. The maximum absolute atomic E-state index is 14.4. The van der Waals surface area contributed by atoms with Crippen molar-refractivity contribution in [1.82, 2.24) is 10.3 Å². The average molecular weight is 277 g/mol. The van der Waals surface area contributed by atoms with Gasteiger partial charge in [-0.15, -0.1) is 0 Å². The van der Waals surface area contributed by atoms with E-state index in [-0.39, 0.29) is 5.82 Å². The van der Waals surface area contributed by atoms with Crippen molar-refractivity contribution in [3.63, 3.8) is 0 Å². The first-order valence-corrected chi connectivity index (χ1v) is 6.68. The second kappa shape index (κ2) is 6.52. The molecule has 0 fully saturated rings. The number of anilines is 1. The van der Waals surface area contributed by atoms with Gasteiger partial charge in [-0.05, 0) is 18.2 Å². The molecule has 2 aromatic rings. The van der Waals surface area contributed by atoms with E-state index >= 15 is 0 Å². The molecule has 1 N–H and O–H groups in total. The van der Waals surface area contributed by atoms with Crippen LogP contribution in [0.2, 0.25) is 0 Å². The van der Waals surface area contributed by atoms with Crippen molar-refractivity contribution in [3.8, 4) is 0 Å². The van der Waals surface area contributed by atoms with Gasteiger partial charge in [0.05, 0.1) is 12.8 Å². The maximum atomic E-state index is 14.4. The standard InChI is InChI=1S/C15H20FN3O/c1-11(2)18-9-12-6-7-17-15(14(12)16)19(3)10-13-5-4-8-20-13/h4-8,11,18H,9-10H2,1-3H3. The molecule has 4 nitrogen and oxygen atoms in total. The van der Waals surface area contributed by atoms with Gasteiger partial charge in [0, 0.05) is 31.4 Å². The molecule has 0 bridgehead atoms. The number of pyridine rings is 1. The number of furan rings is 1. The van der Waals surface area contributed by atoms with Gasteiger partial charge >= 0.3 is 0 Å². The van der Waals surface area contributed by atoms with Crippen molar-refractivity contribution in [2.75, 3.05) is 11.9 Å². The molecular weight excluding hydrogens is 257 g/mol. The van der Waals surface area contributed by atoms with Gasteiger partial charge in [0.25, 0.3) is 0 Å². The van der Waals surface area contributed by atoms with E-state index in [1.54, 1.807) is 30.5 Å². The summed E-state index contributed by atoms with van der Waals surface area (Å²) >= 11 is 0. The van der Waals surface area contributed by atoms with Crippen LogP contribution >= 0.6 is 0 Å². The van der Waals surface area contributed by atoms with E-state index in [0.717, 1.165) is 5.76 Å². The van der Waals surface area contributed by atoms with Gasteiger partial charge in [-0.3, -0.25) is 0 Å². The van der Waals surface area contributed by atoms with Crippen LogP contribution < -0.4 is 10.2 Å². The molecular formula is C15H20FN3O. The van der Waals surface area contributed by atoms with Crippen LogP contribution in [0.15, 0.2) is 35.1 Å². The summed E-state index contributed by atoms with van der Waals surface area (Å²) in [6.45, 7) is 5.04. The monoisotopic (exact) mass is 277 g/mol. The molecule has 0 aromatic carbocycles. The Hall–Kier alpha value is -1.88. The van der Waals surface area contributed by atoms with E-state index < -0.39 is 0 Å². The van der Waals surface area contributed by atoms with Crippen LogP contribution in [0.5, 0.6) is 0 Å². The van der Waals surface area contributed by atoms with Crippen molar-refractivity contribution in [2.45, 2.75) is 33.0 Å². The Labute approximate surface area is 118 Å². The van der Waals surface area contributed by atoms with Crippen LogP contribution in [0.1, 0.15) is 25.2 Å². The van der Waals surface area contributed by atoms with E-state index in [2.05, 4.69) is 10.3 Å². The predicted molar refractivity (Wildman–Crippen MR) is 77.0 cm³/mol. The summed E-state index contributed by atoms with van der Waals surface area (Å²) in [5, 5.41) is 3.21. The van der Waals surface area contributed by atoms with Crippen molar-refractivity contribution < 1.29 is 8.81 Å². The Balaban J connectivity index is 2.12. The molecule has 20 heavy (non-hydrogen) atoms. The number of nitrogens with one attached hydrogen (secondary N) is 1. The summed E-state index contributed by atoms with van der Waals surface area (Å²) in [7, 11) is 1.80. The fourth-order valence-electron chi connectivity index (χ4n) is 1.90. The first kappa shape index (κ1) is 14.5. The summed E-state index contributed by atoms with van der Waals surface area (Å²) < 4.78 is 19.7. The minimum atomic E-state index is -0.283. The van der Waals surface area contributed by atoms with E-state index in [0.29, 0.717) is 30.5 Å². The number of halogens is 1. The van der Waals surface area contributed by atoms with Crippen molar-refractivity contribution in [2.24, 2.45) is 0 Å². The molecule has 2 aromatic heterocycles. The highest BCUT2D eigenvalue weighted by molar-refractivity contribution is 5.42. The molecule has 0 aliphatic rings. The topological polar surface area (TPSA) is 41.3 Å². The molecule has 0 radical (unpaired) electrons. The molecule has 0 spiro atoms. The Morgan fingerprint density at radius 2 is 2.20 bits per heavy atom. The van der Waals surface area contributed by atoms with Gasteiger partial charge < -0.3 is 14.6 Å². The van der Waals surface area contributed by atoms with Gasteiger partial charge in [-0.2, -0.15) is 0 Å². The fourth-order valence-corrected chi connectivity index (χ4v) is 1.90. The molecule has 2 rings (SSSR count). The molecule has 0 unspecified atom stereocenters. The third-order valence-electron chi connectivity index (χ3n) is 2.99. The third-order valence-corrected chi connectivity index (χ3v) is 2.99. The summed E-state index contributed by atoms with van der Waals surface area (Å²) in [5.74, 6) is 0.832. The first-order valence-electron chi connectivity index (χ1n) is 6.68. The lowest BCUT2D eigenvalue weighted by atomic mass is 10.2. The number of hydrogen-bond acceptors (Lipinski definition) is 4. The lowest BCUT2D eigenvalue weighted by molar-refractivity contribution is 0.503. The summed E-state index contributed by atoms with van der Waals surface area (Å²) in [4.78, 5) is 5.87. The zero-order valence-corrected chi connectivity index (χ0v) is 12.1. The minimum absolute atomic E-state index is 0.283. The van der Waals surface area contributed by atoms with Gasteiger partial charge in [-0.1, -0.05) is 13.8 Å². The molecule has 0 saturated carbocycles. The average Bonchev–Trinajstić information content (AvgIpc) is 2.90. The van der Waals surface area contributed by atoms with Crippen LogP contribution in [0, 0.1) is 5.82 Å². The predicted octanol–water partition coefficient (Wildman–Crippen LogP) is 2.95. The van der Waals surface area contributed by atoms with Gasteiger partial charge in [0.2, 0.25) is 0 Å². The van der Waals surface area contributed by atoms with Crippen LogP contribution in [0.4, 0.5) is 10.2 Å². The quantitative estimate of drug-likeness (QED) is 0.881. The highest BCUT2D eigenvalue weighted by atomic mass is 19.1. The van der Waals surface area contributed by atoms with Crippen LogP contribution in [0.25, 0.3) is 0 Å². The van der Waals surface area contributed by atoms with E-state index in [4.69, 9.17) is 4.42 Å². The number of rotatable bonds is 6. The zero-order valence-electron chi connectivity index (χ0n) is 12.1. The van der Waals surface area contributed by atoms with Gasteiger partial charge in [0.1, 0.15) is 5.76 Å². The number of aromatic nitrogens is 1. The summed E-state index contributed by atoms with van der Waals surface area (Å²) in [6, 6.07) is 5.69. The lowest BCUT2D eigenvalue weighted by Crippen LogP contribution is -2.24. The normalized spacial score (nSPS) is 11.1. The zero-order chi connectivity index (χ0) is 14.5. The first-order chi connectivity index (χ1) is 9.58. The molecule has 0 saturated heterocycles. The van der Waals surface area contributed by atoms with Gasteiger partial charge in [0.15, 0.2) is 11.6 Å². The minimum Gasteiger partial charge on any atom is -0.467 e. The smallest absolute Gasteiger partial charge is 0.170 e. The summed E-state index contributed by atoms with van der Waals surface area (Å²) in [6.07, 6.45) is 3.24. The van der Waals surface area contributed by atoms with Crippen molar-refractivity contribution >= 4 is 5.82 Å². The van der Waals surface area contributed by atoms with Gasteiger partial charge in [-0.25, -0.2) is 9.37 Å². The molecule has 108 valence electrons. The Morgan fingerprint density at radius 1 is 1.40 bits per heavy atom. The number of nitrogens with zero attached hydrogens (tertiary/aromatic N) is 2. The molecule has 0 aliphatic carbocycles. The van der Waals surface area contributed by atoms with E-state index in [1.165, 1.54) is 0 Å². The molecule has 0 aliphatic heterocycles. The molecule has 0 atom stereocenters. The number of hydrogen-bond donors (Lipinski definition) is 1. The molecule has 5 heteroatoms. The maximum Gasteiger partial charge on any atom is 0.170 e. The highest BCUT2D eigenvalue weighted by Crippen LogP contribution is 2.20. The fraction of sp³-hybridized carbons (Fsp3) is 0.400. The summed E-state index contributed by atoms with van der Waals surface area (Å²) in [5.41, 5.74) is 0.620. The van der Waals surface area contributed by atoms with E-state index in [1.807, 2.05) is 26.0 Å². The second-order valence-electron chi connectivity index (χ2n) is 5.08. The van der Waals surface area contributed by atoms with Crippen LogP contribution in [-0.4, -0.2) is 18.1 Å². The Morgan fingerprint density at radius 3 is 2.85 bits per heavy atom.